The van der Waals surface area contributed by atoms with Gasteiger partial charge in [-0.3, -0.25) is 0 Å². The van der Waals surface area contributed by atoms with E-state index in [-0.39, 0.29) is 0 Å². The molecule has 0 heteroatoms. The molecule has 4 fully saturated rings. The van der Waals surface area contributed by atoms with Crippen LogP contribution in [0, 0.1) is 35.0 Å². The molecule has 0 aliphatic heterocycles. The van der Waals surface area contributed by atoms with Gasteiger partial charge in [-0.15, -0.1) is 0 Å². The first-order valence-electron chi connectivity index (χ1n) is 6.73. The summed E-state index contributed by atoms with van der Waals surface area (Å²) in [6.45, 7) is 11.7. The van der Waals surface area contributed by atoms with Crippen LogP contribution in [0.15, 0.2) is 12.2 Å². The molecule has 0 amide bonds. The number of rotatable bonds is 1. The summed E-state index contributed by atoms with van der Waals surface area (Å²) in [6, 6.07) is 0. The number of allylic oxidation sites excluding steroid dienone is 1. The Balaban J connectivity index is 1.93. The molecule has 0 spiro atoms. The van der Waals surface area contributed by atoms with Crippen molar-refractivity contribution in [2.45, 2.75) is 46.5 Å². The van der Waals surface area contributed by atoms with Crippen LogP contribution in [0.5, 0.6) is 0 Å². The lowest BCUT2D eigenvalue weighted by atomic mass is 9.33. The molecule has 0 saturated heterocycles. The predicted octanol–water partition coefficient (Wildman–Crippen LogP) is 4.27. The van der Waals surface area contributed by atoms with E-state index in [1.807, 2.05) is 0 Å². The molecule has 15 heavy (non-hydrogen) atoms. The average Bonchev–Trinajstić information content (AvgIpc) is 2.17. The van der Waals surface area contributed by atoms with E-state index in [9.17, 15) is 0 Å². The quantitative estimate of drug-likeness (QED) is 0.559. The second-order valence-electron chi connectivity index (χ2n) is 6.81. The van der Waals surface area contributed by atoms with E-state index in [2.05, 4.69) is 27.4 Å². The van der Waals surface area contributed by atoms with Crippen molar-refractivity contribution in [1.29, 1.82) is 0 Å². The van der Waals surface area contributed by atoms with Crippen LogP contribution >= 0.6 is 0 Å². The van der Waals surface area contributed by atoms with Crippen molar-refractivity contribution >= 4 is 0 Å². The van der Waals surface area contributed by atoms with Gasteiger partial charge < -0.3 is 0 Å². The van der Waals surface area contributed by atoms with E-state index in [4.69, 9.17) is 0 Å². The lowest BCUT2D eigenvalue weighted by Crippen LogP contribution is -2.64. The summed E-state index contributed by atoms with van der Waals surface area (Å²) in [5, 5.41) is 0. The third-order valence-corrected chi connectivity index (χ3v) is 5.99. The summed E-state index contributed by atoms with van der Waals surface area (Å²) in [5.41, 5.74) is 2.26. The van der Waals surface area contributed by atoms with E-state index in [1.54, 1.807) is 5.57 Å². The first-order valence-corrected chi connectivity index (χ1v) is 6.73. The molecule has 84 valence electrons. The lowest BCUT2D eigenvalue weighted by Gasteiger charge is -2.71. The van der Waals surface area contributed by atoms with Crippen molar-refractivity contribution in [1.82, 2.24) is 0 Å². The number of hydrogen-bond donors (Lipinski definition) is 0. The smallest absolute Gasteiger partial charge is 0.0115 e. The van der Waals surface area contributed by atoms with Crippen molar-refractivity contribution in [3.05, 3.63) is 12.2 Å². The molecule has 4 bridgehead atoms. The van der Waals surface area contributed by atoms with Gasteiger partial charge in [0.05, 0.1) is 0 Å². The summed E-state index contributed by atoms with van der Waals surface area (Å²) in [5.74, 6) is 4.85. The molecule has 0 unspecified atom stereocenters. The zero-order valence-corrected chi connectivity index (χ0v) is 10.4. The van der Waals surface area contributed by atoms with Crippen LogP contribution in [-0.2, 0) is 0 Å². The number of hydrogen-bond acceptors (Lipinski definition) is 0. The Morgan fingerprint density at radius 3 is 2.67 bits per heavy atom. The van der Waals surface area contributed by atoms with Crippen LogP contribution in [0.3, 0.4) is 0 Å². The van der Waals surface area contributed by atoms with Crippen LogP contribution in [-0.4, -0.2) is 0 Å². The molecule has 5 atom stereocenters. The third-order valence-electron chi connectivity index (χ3n) is 5.99. The summed E-state index contributed by atoms with van der Waals surface area (Å²) in [4.78, 5) is 0. The minimum absolute atomic E-state index is 0.672. The van der Waals surface area contributed by atoms with Crippen LogP contribution in [0.2, 0.25) is 0 Å². The topological polar surface area (TPSA) is 0 Å². The summed E-state index contributed by atoms with van der Waals surface area (Å²) >= 11 is 0. The molecule has 4 aliphatic rings. The molecule has 0 N–H and O–H groups in total. The SMILES string of the molecule is C=C1CC[C@H]2[C@H]3[C@@H]1[C@]2(C)CC[C@H]3C(C)C. The highest BCUT2D eigenvalue weighted by Crippen LogP contribution is 2.72. The molecule has 0 nitrogen and oxygen atoms in total. The Morgan fingerprint density at radius 2 is 2.07 bits per heavy atom. The van der Waals surface area contributed by atoms with Crippen LogP contribution in [0.25, 0.3) is 0 Å². The fourth-order valence-corrected chi connectivity index (χ4v) is 5.32. The maximum absolute atomic E-state index is 4.35. The normalized spacial score (nSPS) is 52.9. The molecule has 0 aromatic rings. The molecule has 4 saturated carbocycles. The van der Waals surface area contributed by atoms with E-state index in [0.717, 1.165) is 29.6 Å². The zero-order chi connectivity index (χ0) is 10.8. The molecule has 0 aromatic heterocycles. The van der Waals surface area contributed by atoms with Gasteiger partial charge in [0.15, 0.2) is 0 Å². The minimum Gasteiger partial charge on any atom is -0.0995 e. The van der Waals surface area contributed by atoms with E-state index >= 15 is 0 Å². The van der Waals surface area contributed by atoms with Gasteiger partial charge >= 0.3 is 0 Å². The fourth-order valence-electron chi connectivity index (χ4n) is 5.32. The van der Waals surface area contributed by atoms with Gasteiger partial charge in [0.1, 0.15) is 0 Å². The van der Waals surface area contributed by atoms with Crippen molar-refractivity contribution in [2.75, 3.05) is 0 Å². The average molecular weight is 204 g/mol. The largest absolute Gasteiger partial charge is 0.0995 e. The molecule has 0 heterocycles. The molecule has 0 aromatic carbocycles. The monoisotopic (exact) mass is 204 g/mol. The Morgan fingerprint density at radius 1 is 1.33 bits per heavy atom. The molecular weight excluding hydrogens is 180 g/mol. The van der Waals surface area contributed by atoms with Crippen molar-refractivity contribution in [2.24, 2.45) is 35.0 Å². The van der Waals surface area contributed by atoms with Crippen molar-refractivity contribution < 1.29 is 0 Å². The molecule has 4 aliphatic carbocycles. The maximum atomic E-state index is 4.35. The highest BCUT2D eigenvalue weighted by atomic mass is 14.7. The van der Waals surface area contributed by atoms with Crippen LogP contribution in [0.1, 0.15) is 46.5 Å². The standard InChI is InChI=1S/C15H24/c1-9(2)11-7-8-15(4)12-6-5-10(3)14(15)13(11)12/h9,11-14H,3,5-8H2,1-2,4H3/t11-,12-,13-,14+,15+/m0/s1. The lowest BCUT2D eigenvalue weighted by molar-refractivity contribution is -0.194. The third kappa shape index (κ3) is 1.04. The Bertz CT molecular complexity index is 299. The van der Waals surface area contributed by atoms with Gasteiger partial charge in [0.2, 0.25) is 0 Å². The van der Waals surface area contributed by atoms with Gasteiger partial charge in [-0.2, -0.15) is 0 Å². The predicted molar refractivity (Wildman–Crippen MR) is 64.5 cm³/mol. The Labute approximate surface area is 94.1 Å². The Hall–Kier alpha value is -0.260. The second kappa shape index (κ2) is 2.90. The van der Waals surface area contributed by atoms with Crippen molar-refractivity contribution in [3.63, 3.8) is 0 Å². The Kier molecular flexibility index (Phi) is 1.92. The number of fused-ring (bicyclic) bond motifs is 2. The van der Waals surface area contributed by atoms with E-state index < -0.39 is 0 Å². The summed E-state index contributed by atoms with van der Waals surface area (Å²) < 4.78 is 0. The zero-order valence-electron chi connectivity index (χ0n) is 10.4. The van der Waals surface area contributed by atoms with Gasteiger partial charge in [0, 0.05) is 0 Å². The van der Waals surface area contributed by atoms with Gasteiger partial charge in [0.25, 0.3) is 0 Å². The second-order valence-corrected chi connectivity index (χ2v) is 6.81. The van der Waals surface area contributed by atoms with Crippen LogP contribution < -0.4 is 0 Å². The molecule has 0 radical (unpaired) electrons. The first-order chi connectivity index (χ1) is 7.05. The molecular formula is C15H24. The highest BCUT2D eigenvalue weighted by molar-refractivity contribution is 5.26. The minimum atomic E-state index is 0.672. The van der Waals surface area contributed by atoms with Crippen LogP contribution in [0.4, 0.5) is 0 Å². The van der Waals surface area contributed by atoms with E-state index in [1.165, 1.54) is 25.7 Å². The first kappa shape index (κ1) is 9.93. The highest BCUT2D eigenvalue weighted by Gasteiger charge is 2.65. The summed E-state index contributed by atoms with van der Waals surface area (Å²) in [6.07, 6.45) is 5.73. The van der Waals surface area contributed by atoms with Gasteiger partial charge in [-0.25, -0.2) is 0 Å². The molecule has 4 rings (SSSR count). The maximum Gasteiger partial charge on any atom is -0.0115 e. The summed E-state index contributed by atoms with van der Waals surface area (Å²) in [7, 11) is 0. The van der Waals surface area contributed by atoms with Gasteiger partial charge in [-0.1, -0.05) is 32.9 Å². The fraction of sp³-hybridized carbons (Fsp3) is 0.867. The van der Waals surface area contributed by atoms with Crippen molar-refractivity contribution in [3.8, 4) is 0 Å². The van der Waals surface area contributed by atoms with Gasteiger partial charge in [-0.05, 0) is 60.7 Å². The van der Waals surface area contributed by atoms with E-state index in [0.29, 0.717) is 5.41 Å².